The minimum Gasteiger partial charge on any atom is -0.309 e. The molecule has 1 aromatic rings. The maximum Gasteiger partial charge on any atom is 0.0452 e. The maximum atomic E-state index is 3.73. The summed E-state index contributed by atoms with van der Waals surface area (Å²) in [5.74, 6) is 1.65. The molecule has 20 heavy (non-hydrogen) atoms. The predicted molar refractivity (Wildman–Crippen MR) is 84.9 cm³/mol. The van der Waals surface area contributed by atoms with Gasteiger partial charge in [0.05, 0.1) is 0 Å². The SMILES string of the molecule is CC1CC(C)C(C)N(CC2NCCc3ccccc32)C1. The molecule has 0 aliphatic carbocycles. The molecule has 0 saturated carbocycles. The van der Waals surface area contributed by atoms with Gasteiger partial charge in [-0.1, -0.05) is 38.1 Å². The fourth-order valence-electron chi connectivity index (χ4n) is 4.06. The molecule has 0 amide bonds. The van der Waals surface area contributed by atoms with Gasteiger partial charge in [0.2, 0.25) is 0 Å². The van der Waals surface area contributed by atoms with E-state index in [1.54, 1.807) is 5.56 Å². The summed E-state index contributed by atoms with van der Waals surface area (Å²) in [5.41, 5.74) is 3.07. The summed E-state index contributed by atoms with van der Waals surface area (Å²) >= 11 is 0. The van der Waals surface area contributed by atoms with Gasteiger partial charge in [-0.3, -0.25) is 4.90 Å². The molecule has 0 radical (unpaired) electrons. The molecular weight excluding hydrogens is 244 g/mol. The van der Waals surface area contributed by atoms with Gasteiger partial charge in [0.1, 0.15) is 0 Å². The quantitative estimate of drug-likeness (QED) is 0.889. The summed E-state index contributed by atoms with van der Waals surface area (Å²) < 4.78 is 0. The van der Waals surface area contributed by atoms with Gasteiger partial charge in [-0.2, -0.15) is 0 Å². The van der Waals surface area contributed by atoms with Crippen molar-refractivity contribution < 1.29 is 0 Å². The average molecular weight is 272 g/mol. The molecule has 4 unspecified atom stereocenters. The van der Waals surface area contributed by atoms with Gasteiger partial charge < -0.3 is 5.32 Å². The first kappa shape index (κ1) is 14.1. The molecule has 3 rings (SSSR count). The van der Waals surface area contributed by atoms with E-state index in [2.05, 4.69) is 55.3 Å². The smallest absolute Gasteiger partial charge is 0.0452 e. The second-order valence-corrected chi connectivity index (χ2v) is 6.97. The van der Waals surface area contributed by atoms with Crippen molar-refractivity contribution >= 4 is 0 Å². The summed E-state index contributed by atoms with van der Waals surface area (Å²) in [6.07, 6.45) is 2.56. The molecule has 2 heterocycles. The number of fused-ring (bicyclic) bond motifs is 1. The highest BCUT2D eigenvalue weighted by atomic mass is 15.2. The minimum atomic E-state index is 0.514. The average Bonchev–Trinajstić information content (AvgIpc) is 2.44. The Morgan fingerprint density at radius 3 is 2.85 bits per heavy atom. The third-order valence-electron chi connectivity index (χ3n) is 5.35. The molecule has 1 saturated heterocycles. The summed E-state index contributed by atoms with van der Waals surface area (Å²) in [6.45, 7) is 10.8. The number of piperidine rings is 1. The highest BCUT2D eigenvalue weighted by molar-refractivity contribution is 5.32. The second-order valence-electron chi connectivity index (χ2n) is 6.97. The summed E-state index contributed by atoms with van der Waals surface area (Å²) in [7, 11) is 0. The standard InChI is InChI=1S/C18H28N2/c1-13-10-14(2)15(3)20(11-13)12-18-17-7-5-4-6-16(17)8-9-19-18/h4-7,13-15,18-19H,8-12H2,1-3H3. The van der Waals surface area contributed by atoms with Crippen LogP contribution in [0.4, 0.5) is 0 Å². The van der Waals surface area contributed by atoms with E-state index in [0.717, 1.165) is 24.9 Å². The van der Waals surface area contributed by atoms with Crippen LogP contribution in [0.3, 0.4) is 0 Å². The number of likely N-dealkylation sites (tertiary alicyclic amines) is 1. The maximum absolute atomic E-state index is 3.73. The van der Waals surface area contributed by atoms with Gasteiger partial charge in [-0.15, -0.1) is 0 Å². The third kappa shape index (κ3) is 2.77. The number of nitrogens with one attached hydrogen (secondary N) is 1. The molecule has 2 nitrogen and oxygen atoms in total. The number of rotatable bonds is 2. The van der Waals surface area contributed by atoms with E-state index in [1.165, 1.54) is 24.9 Å². The van der Waals surface area contributed by atoms with E-state index < -0.39 is 0 Å². The van der Waals surface area contributed by atoms with Crippen LogP contribution in [0.25, 0.3) is 0 Å². The van der Waals surface area contributed by atoms with Crippen LogP contribution in [0.1, 0.15) is 44.4 Å². The lowest BCUT2D eigenvalue weighted by Crippen LogP contribution is -2.49. The Morgan fingerprint density at radius 2 is 2.00 bits per heavy atom. The zero-order chi connectivity index (χ0) is 14.1. The van der Waals surface area contributed by atoms with E-state index in [4.69, 9.17) is 0 Å². The number of nitrogens with zero attached hydrogens (tertiary/aromatic N) is 1. The van der Waals surface area contributed by atoms with Crippen molar-refractivity contribution in [2.24, 2.45) is 11.8 Å². The number of benzene rings is 1. The molecule has 1 N–H and O–H groups in total. The molecule has 2 aliphatic heterocycles. The lowest BCUT2D eigenvalue weighted by Gasteiger charge is -2.43. The normalized spacial score (nSPS) is 34.8. The first-order chi connectivity index (χ1) is 9.65. The Hall–Kier alpha value is -0.860. The largest absolute Gasteiger partial charge is 0.309 e. The van der Waals surface area contributed by atoms with Crippen molar-refractivity contribution in [3.05, 3.63) is 35.4 Å². The molecule has 110 valence electrons. The highest BCUT2D eigenvalue weighted by Gasteiger charge is 2.31. The van der Waals surface area contributed by atoms with Crippen LogP contribution in [0, 0.1) is 11.8 Å². The lowest BCUT2D eigenvalue weighted by molar-refractivity contribution is 0.0695. The number of hydrogen-bond donors (Lipinski definition) is 1. The van der Waals surface area contributed by atoms with Crippen LogP contribution in [0.2, 0.25) is 0 Å². The van der Waals surface area contributed by atoms with E-state index in [-0.39, 0.29) is 0 Å². The van der Waals surface area contributed by atoms with Gasteiger partial charge in [0.15, 0.2) is 0 Å². The van der Waals surface area contributed by atoms with Crippen LogP contribution in [0.5, 0.6) is 0 Å². The molecule has 1 fully saturated rings. The second kappa shape index (κ2) is 5.87. The Kier molecular flexibility index (Phi) is 4.13. The molecule has 0 bridgehead atoms. The molecule has 0 aromatic heterocycles. The van der Waals surface area contributed by atoms with Crippen LogP contribution >= 0.6 is 0 Å². The van der Waals surface area contributed by atoms with E-state index in [0.29, 0.717) is 12.1 Å². The molecular formula is C18H28N2. The summed E-state index contributed by atoms with van der Waals surface area (Å²) in [5, 5.41) is 3.73. The van der Waals surface area contributed by atoms with Crippen molar-refractivity contribution in [1.29, 1.82) is 0 Å². The van der Waals surface area contributed by atoms with Gasteiger partial charge >= 0.3 is 0 Å². The summed E-state index contributed by atoms with van der Waals surface area (Å²) in [4.78, 5) is 2.71. The van der Waals surface area contributed by atoms with E-state index in [9.17, 15) is 0 Å². The van der Waals surface area contributed by atoms with Crippen LogP contribution in [-0.4, -0.2) is 30.6 Å². The summed E-state index contributed by atoms with van der Waals surface area (Å²) in [6, 6.07) is 10.2. The highest BCUT2D eigenvalue weighted by Crippen LogP contribution is 2.30. The first-order valence-corrected chi connectivity index (χ1v) is 8.20. The Balaban J connectivity index is 1.75. The number of hydrogen-bond acceptors (Lipinski definition) is 2. The van der Waals surface area contributed by atoms with E-state index >= 15 is 0 Å². The fraction of sp³-hybridized carbons (Fsp3) is 0.667. The van der Waals surface area contributed by atoms with Crippen LogP contribution < -0.4 is 5.32 Å². The predicted octanol–water partition coefficient (Wildman–Crippen LogP) is 3.24. The first-order valence-electron chi connectivity index (χ1n) is 8.20. The minimum absolute atomic E-state index is 0.514. The van der Waals surface area contributed by atoms with Gasteiger partial charge in [0.25, 0.3) is 0 Å². The van der Waals surface area contributed by atoms with Crippen molar-refractivity contribution in [1.82, 2.24) is 10.2 Å². The molecule has 2 aliphatic rings. The van der Waals surface area contributed by atoms with Crippen molar-refractivity contribution in [2.45, 2.75) is 45.7 Å². The van der Waals surface area contributed by atoms with Crippen LogP contribution in [-0.2, 0) is 6.42 Å². The van der Waals surface area contributed by atoms with Gasteiger partial charge in [-0.25, -0.2) is 0 Å². The Bertz CT molecular complexity index is 456. The molecule has 2 heteroatoms. The van der Waals surface area contributed by atoms with Crippen molar-refractivity contribution in [3.8, 4) is 0 Å². The third-order valence-corrected chi connectivity index (χ3v) is 5.35. The Labute approximate surface area is 123 Å². The topological polar surface area (TPSA) is 15.3 Å². The van der Waals surface area contributed by atoms with Crippen molar-refractivity contribution in [3.63, 3.8) is 0 Å². The van der Waals surface area contributed by atoms with Crippen LogP contribution in [0.15, 0.2) is 24.3 Å². The van der Waals surface area contributed by atoms with Gasteiger partial charge in [-0.05, 0) is 49.3 Å². The fourth-order valence-corrected chi connectivity index (χ4v) is 4.06. The molecule has 1 aromatic carbocycles. The Morgan fingerprint density at radius 1 is 1.20 bits per heavy atom. The molecule has 4 atom stereocenters. The monoisotopic (exact) mass is 272 g/mol. The lowest BCUT2D eigenvalue weighted by atomic mass is 9.85. The van der Waals surface area contributed by atoms with Gasteiger partial charge in [0, 0.05) is 25.2 Å². The van der Waals surface area contributed by atoms with E-state index in [1.807, 2.05) is 0 Å². The van der Waals surface area contributed by atoms with Crippen molar-refractivity contribution in [2.75, 3.05) is 19.6 Å². The molecule has 0 spiro atoms. The zero-order valence-corrected chi connectivity index (χ0v) is 13.1. The zero-order valence-electron chi connectivity index (χ0n) is 13.1.